The minimum absolute atomic E-state index is 0.946. The van der Waals surface area contributed by atoms with Crippen molar-refractivity contribution in [2.45, 2.75) is 64.5 Å². The number of halogens is 1. The number of benzene rings is 4. The van der Waals surface area contributed by atoms with E-state index < -0.39 is 5.31 Å². The van der Waals surface area contributed by atoms with E-state index in [0.29, 0.717) is 0 Å². The van der Waals surface area contributed by atoms with E-state index in [4.69, 9.17) is 0 Å². The Balaban J connectivity index is 1.63. The first kappa shape index (κ1) is 26.8. The third-order valence-electron chi connectivity index (χ3n) is 7.46. The maximum absolute atomic E-state index is 4.58. The fourth-order valence-corrected chi connectivity index (χ4v) is 13.1. The molecule has 0 atom stereocenters. The van der Waals surface area contributed by atoms with Gasteiger partial charge >= 0.3 is 214 Å². The van der Waals surface area contributed by atoms with Gasteiger partial charge < -0.3 is 0 Å². The van der Waals surface area contributed by atoms with E-state index in [1.807, 2.05) is 0 Å². The molecule has 0 unspecified atom stereocenters. The number of hydrogen-bond acceptors (Lipinski definition) is 0. The molecule has 0 saturated heterocycles. The van der Waals surface area contributed by atoms with Crippen molar-refractivity contribution in [3.8, 4) is 0 Å². The van der Waals surface area contributed by atoms with Crippen molar-refractivity contribution in [2.75, 3.05) is 0 Å². The summed E-state index contributed by atoms with van der Waals surface area (Å²) in [7, 11) is 0. The van der Waals surface area contributed by atoms with Gasteiger partial charge in [0.15, 0.2) is 0 Å². The van der Waals surface area contributed by atoms with Gasteiger partial charge in [0.1, 0.15) is 0 Å². The summed E-state index contributed by atoms with van der Waals surface area (Å²) >= 11 is 4.58. The molecule has 0 bridgehead atoms. The summed E-state index contributed by atoms with van der Waals surface area (Å²) in [6.45, 7) is 2.28. The van der Waals surface area contributed by atoms with Crippen LogP contribution in [0.1, 0.15) is 63.0 Å². The Bertz CT molecular complexity index is 1070. The molecule has 4 aromatic carbocycles. The van der Waals surface area contributed by atoms with Crippen LogP contribution in [-0.4, -0.2) is 0 Å². The van der Waals surface area contributed by atoms with Gasteiger partial charge in [-0.1, -0.05) is 13.3 Å². The molecule has 4 aromatic rings. The standard InChI is InChI=1S/C34H40BrP/c1-2-3-4-5-6-7-11-18-30-25-27-31(28-26-30)29-36(35,32-19-12-8-13-20-32,33-21-14-9-15-22-33)34-23-16-10-17-24-34/h8-10,12-17,19-28H,2-7,11,18,29H2,1H3. The third-order valence-corrected chi connectivity index (χ3v) is 17.0. The van der Waals surface area contributed by atoms with E-state index in [1.165, 1.54) is 78.4 Å². The number of aryl methyl sites for hydroxylation is 1. The molecule has 0 aliphatic carbocycles. The first-order chi connectivity index (χ1) is 17.6. The minimum atomic E-state index is -2.94. The molecule has 0 saturated carbocycles. The molecule has 36 heavy (non-hydrogen) atoms. The molecule has 0 N–H and O–H groups in total. The Morgan fingerprint density at radius 3 is 1.31 bits per heavy atom. The fraction of sp³-hybridized carbons (Fsp3) is 0.294. The Hall–Kier alpha value is -2.21. The van der Waals surface area contributed by atoms with Gasteiger partial charge in [-0.25, -0.2) is 0 Å². The Morgan fingerprint density at radius 2 is 0.861 bits per heavy atom. The molecule has 4 rings (SSSR count). The van der Waals surface area contributed by atoms with E-state index in [-0.39, 0.29) is 0 Å². The van der Waals surface area contributed by atoms with E-state index in [1.54, 1.807) is 0 Å². The molecule has 0 fully saturated rings. The number of unbranched alkanes of at least 4 members (excludes halogenated alkanes) is 6. The van der Waals surface area contributed by atoms with Crippen LogP contribution in [0.25, 0.3) is 0 Å². The van der Waals surface area contributed by atoms with Gasteiger partial charge in [0.2, 0.25) is 0 Å². The second-order valence-electron chi connectivity index (χ2n) is 10.0. The van der Waals surface area contributed by atoms with Crippen molar-refractivity contribution in [1.29, 1.82) is 0 Å². The van der Waals surface area contributed by atoms with Crippen LogP contribution in [0.2, 0.25) is 0 Å². The van der Waals surface area contributed by atoms with E-state index >= 15 is 0 Å². The average molecular weight is 560 g/mol. The second kappa shape index (κ2) is 12.8. The molecule has 0 aliphatic rings. The molecule has 2 heteroatoms. The van der Waals surface area contributed by atoms with Crippen LogP contribution in [-0.2, 0) is 12.6 Å². The molecule has 0 aromatic heterocycles. The quantitative estimate of drug-likeness (QED) is 0.113. The molecule has 0 amide bonds. The van der Waals surface area contributed by atoms with Crippen molar-refractivity contribution in [2.24, 2.45) is 0 Å². The second-order valence-corrected chi connectivity index (χ2v) is 19.0. The summed E-state index contributed by atoms with van der Waals surface area (Å²) in [6, 6.07) is 42.7. The molecule has 0 aliphatic heterocycles. The van der Waals surface area contributed by atoms with E-state index in [0.717, 1.165) is 6.16 Å². The van der Waals surface area contributed by atoms with Crippen molar-refractivity contribution in [1.82, 2.24) is 0 Å². The van der Waals surface area contributed by atoms with Gasteiger partial charge in [-0.15, -0.1) is 0 Å². The summed E-state index contributed by atoms with van der Waals surface area (Å²) < 4.78 is 0. The van der Waals surface area contributed by atoms with Gasteiger partial charge in [-0.3, -0.25) is 0 Å². The van der Waals surface area contributed by atoms with Gasteiger partial charge in [-0.05, 0) is 0 Å². The molecule has 0 radical (unpaired) electrons. The third kappa shape index (κ3) is 6.01. The number of rotatable bonds is 13. The van der Waals surface area contributed by atoms with E-state index in [2.05, 4.69) is 138 Å². The zero-order valence-electron chi connectivity index (χ0n) is 21.7. The van der Waals surface area contributed by atoms with E-state index in [9.17, 15) is 0 Å². The van der Waals surface area contributed by atoms with Crippen LogP contribution >= 0.6 is 20.8 Å². The van der Waals surface area contributed by atoms with Gasteiger partial charge in [-0.2, -0.15) is 0 Å². The molecule has 0 heterocycles. The Kier molecular flexibility index (Phi) is 9.58. The zero-order chi connectivity index (χ0) is 25.1. The van der Waals surface area contributed by atoms with Gasteiger partial charge in [0.25, 0.3) is 0 Å². The van der Waals surface area contributed by atoms with Crippen molar-refractivity contribution < 1.29 is 0 Å². The van der Waals surface area contributed by atoms with Crippen LogP contribution < -0.4 is 15.9 Å². The normalized spacial score (nSPS) is 12.7. The summed E-state index contributed by atoms with van der Waals surface area (Å²) in [5.41, 5.74) is 2.84. The van der Waals surface area contributed by atoms with Crippen LogP contribution in [0.5, 0.6) is 0 Å². The first-order valence-corrected chi connectivity index (χ1v) is 18.1. The van der Waals surface area contributed by atoms with Crippen molar-refractivity contribution >= 4 is 36.7 Å². The van der Waals surface area contributed by atoms with Crippen LogP contribution in [0.3, 0.4) is 0 Å². The van der Waals surface area contributed by atoms with Crippen LogP contribution in [0.4, 0.5) is 0 Å². The predicted octanol–water partition coefficient (Wildman–Crippen LogP) is 9.32. The topological polar surface area (TPSA) is 0 Å². The molecule has 0 spiro atoms. The molecular weight excluding hydrogens is 519 g/mol. The van der Waals surface area contributed by atoms with Crippen LogP contribution in [0, 0.1) is 0 Å². The predicted molar refractivity (Wildman–Crippen MR) is 166 cm³/mol. The van der Waals surface area contributed by atoms with Crippen LogP contribution in [0.15, 0.2) is 115 Å². The van der Waals surface area contributed by atoms with Crippen molar-refractivity contribution in [3.63, 3.8) is 0 Å². The summed E-state index contributed by atoms with van der Waals surface area (Å²) in [4.78, 5) is 0. The first-order valence-electron chi connectivity index (χ1n) is 13.6. The van der Waals surface area contributed by atoms with Crippen molar-refractivity contribution in [3.05, 3.63) is 126 Å². The average Bonchev–Trinajstić information content (AvgIpc) is 2.95. The summed E-state index contributed by atoms with van der Waals surface area (Å²) in [6.07, 6.45) is 11.6. The Morgan fingerprint density at radius 1 is 0.472 bits per heavy atom. The molecule has 188 valence electrons. The zero-order valence-corrected chi connectivity index (χ0v) is 24.1. The van der Waals surface area contributed by atoms with Gasteiger partial charge in [0, 0.05) is 0 Å². The monoisotopic (exact) mass is 558 g/mol. The summed E-state index contributed by atoms with van der Waals surface area (Å²) in [5.74, 6) is 0. The SMILES string of the molecule is CCCCCCCCCc1ccc(CP(Br)(c2ccccc2)(c2ccccc2)c2ccccc2)cc1. The summed E-state index contributed by atoms with van der Waals surface area (Å²) in [5, 5.41) is 1.17. The Labute approximate surface area is 226 Å². The van der Waals surface area contributed by atoms with Gasteiger partial charge in [0.05, 0.1) is 0 Å². The number of hydrogen-bond donors (Lipinski definition) is 0. The fourth-order valence-electron chi connectivity index (χ4n) is 5.38. The molecular formula is C34H40BrP. The maximum atomic E-state index is 4.58. The molecule has 0 nitrogen and oxygen atoms in total.